The predicted octanol–water partition coefficient (Wildman–Crippen LogP) is 3.97. The number of carbonyl (C=O) groups is 2. The number of amides is 2. The number of aryl methyl sites for hydroxylation is 1. The van der Waals surface area contributed by atoms with Crippen LogP contribution in [0, 0.1) is 6.92 Å². The fourth-order valence-corrected chi connectivity index (χ4v) is 7.21. The third kappa shape index (κ3) is 5.53. The van der Waals surface area contributed by atoms with E-state index < -0.39 is 0 Å². The Morgan fingerprint density at radius 1 is 1.16 bits per heavy atom. The molecule has 3 saturated heterocycles. The van der Waals surface area contributed by atoms with Gasteiger partial charge in [0.25, 0.3) is 11.5 Å². The van der Waals surface area contributed by atoms with E-state index in [1.807, 2.05) is 50.4 Å². The number of likely N-dealkylation sites (tertiary alicyclic amines) is 1. The van der Waals surface area contributed by atoms with E-state index in [2.05, 4.69) is 20.5 Å². The summed E-state index contributed by atoms with van der Waals surface area (Å²) in [7, 11) is 2.02. The first-order valence-corrected chi connectivity index (χ1v) is 15.9. The van der Waals surface area contributed by atoms with E-state index in [4.69, 9.17) is 21.3 Å². The number of nitrogens with one attached hydrogen (secondary N) is 2. The highest BCUT2D eigenvalue weighted by atomic mass is 35.5. The molecule has 0 unspecified atom stereocenters. The van der Waals surface area contributed by atoms with Crippen molar-refractivity contribution in [2.24, 2.45) is 0 Å². The molecule has 5 heterocycles. The maximum atomic E-state index is 13.9. The molecule has 2 amide bonds. The number of halogens is 1. The second-order valence-electron chi connectivity index (χ2n) is 11.8. The minimum absolute atomic E-state index is 0.0132. The zero-order valence-corrected chi connectivity index (χ0v) is 26.0. The van der Waals surface area contributed by atoms with E-state index in [-0.39, 0.29) is 35.7 Å². The van der Waals surface area contributed by atoms with E-state index >= 15 is 0 Å². The Bertz CT molecular complexity index is 1820. The third-order valence-electron chi connectivity index (χ3n) is 8.61. The van der Waals surface area contributed by atoms with E-state index in [1.54, 1.807) is 15.7 Å². The second-order valence-corrected chi connectivity index (χ2v) is 13.3. The number of likely N-dealkylation sites (N-methyl/N-ethyl adjacent to an activating group) is 1. The molecule has 2 aromatic heterocycles. The van der Waals surface area contributed by atoms with Crippen LogP contribution in [0.4, 0.5) is 10.5 Å². The molecule has 11 nitrogen and oxygen atoms in total. The molecular formula is C31H32ClN7O4S. The Kier molecular flexibility index (Phi) is 7.51. The van der Waals surface area contributed by atoms with Crippen molar-refractivity contribution in [1.29, 1.82) is 0 Å². The first-order chi connectivity index (χ1) is 21.2. The maximum absolute atomic E-state index is 13.9. The summed E-state index contributed by atoms with van der Waals surface area (Å²) in [6.07, 6.45) is 2.80. The van der Waals surface area contributed by atoms with Crippen molar-refractivity contribution >= 4 is 51.5 Å². The van der Waals surface area contributed by atoms with Crippen LogP contribution >= 0.6 is 22.9 Å². The van der Waals surface area contributed by atoms with Gasteiger partial charge in [-0.1, -0.05) is 23.7 Å². The van der Waals surface area contributed by atoms with Crippen molar-refractivity contribution in [2.75, 3.05) is 38.6 Å². The molecule has 13 heteroatoms. The molecule has 0 saturated carbocycles. The van der Waals surface area contributed by atoms with Crippen molar-refractivity contribution in [3.05, 3.63) is 74.2 Å². The van der Waals surface area contributed by atoms with Crippen molar-refractivity contribution in [3.8, 4) is 10.6 Å². The van der Waals surface area contributed by atoms with Gasteiger partial charge in [0.2, 0.25) is 0 Å². The number of anilines is 1. The minimum atomic E-state index is -0.260. The van der Waals surface area contributed by atoms with Gasteiger partial charge in [0.1, 0.15) is 22.3 Å². The smallest absolute Gasteiger partial charge is 0.410 e. The molecule has 0 spiro atoms. The van der Waals surface area contributed by atoms with Gasteiger partial charge in [-0.15, -0.1) is 11.3 Å². The molecule has 0 aliphatic carbocycles. The molecular weight excluding hydrogens is 602 g/mol. The predicted molar refractivity (Wildman–Crippen MR) is 170 cm³/mol. The first kappa shape index (κ1) is 28.8. The summed E-state index contributed by atoms with van der Waals surface area (Å²) in [6.45, 7) is 4.81. The van der Waals surface area contributed by atoms with Crippen LogP contribution in [0.5, 0.6) is 0 Å². The standard InChI is InChI=1S/C31H32ClN7O4S/c1-17-34-26-10-23(29-33-12-27(44-29)28(40)36-21-14-37(2)15-21)25(35-20-7-8-38-22(9-20)16-43-31(38)42)11-24(26)30(41)39(17)13-18-3-5-19(32)6-4-18/h3-6,10-12,20-22,35H,7-9,13-16H2,1-2H3,(H,36,40)/t20-,22-/m0/s1. The Labute approximate surface area is 262 Å². The lowest BCUT2D eigenvalue weighted by atomic mass is 9.97. The average Bonchev–Trinajstić information content (AvgIpc) is 3.63. The molecule has 44 heavy (non-hydrogen) atoms. The summed E-state index contributed by atoms with van der Waals surface area (Å²) in [6, 6.07) is 11.4. The summed E-state index contributed by atoms with van der Waals surface area (Å²) < 4.78 is 6.93. The lowest BCUT2D eigenvalue weighted by Gasteiger charge is -2.36. The van der Waals surface area contributed by atoms with Gasteiger partial charge in [-0.25, -0.2) is 14.8 Å². The number of hydrogen-bond acceptors (Lipinski definition) is 9. The number of cyclic esters (lactones) is 1. The summed E-state index contributed by atoms with van der Waals surface area (Å²) in [4.78, 5) is 52.8. The fraction of sp³-hybridized carbons (Fsp3) is 0.387. The molecule has 2 aromatic carbocycles. The van der Waals surface area contributed by atoms with Gasteiger partial charge in [0.05, 0.1) is 35.7 Å². The number of hydrogen-bond donors (Lipinski definition) is 2. The number of carbonyl (C=O) groups excluding carboxylic acids is 2. The van der Waals surface area contributed by atoms with E-state index in [1.165, 1.54) is 11.3 Å². The minimum Gasteiger partial charge on any atom is -0.447 e. The summed E-state index contributed by atoms with van der Waals surface area (Å²) in [5.41, 5.74) is 2.87. The molecule has 0 bridgehead atoms. The topological polar surface area (TPSA) is 122 Å². The highest BCUT2D eigenvalue weighted by molar-refractivity contribution is 7.17. The van der Waals surface area contributed by atoms with E-state index in [9.17, 15) is 14.4 Å². The number of aromatic nitrogens is 3. The molecule has 3 aliphatic rings. The fourth-order valence-electron chi connectivity index (χ4n) is 6.24. The van der Waals surface area contributed by atoms with Gasteiger partial charge in [-0.3, -0.25) is 14.2 Å². The molecule has 4 aromatic rings. The lowest BCUT2D eigenvalue weighted by molar-refractivity contribution is 0.0861. The summed E-state index contributed by atoms with van der Waals surface area (Å²) in [5, 5.41) is 8.50. The Balaban J connectivity index is 1.25. The Morgan fingerprint density at radius 3 is 2.73 bits per heavy atom. The maximum Gasteiger partial charge on any atom is 0.410 e. The second kappa shape index (κ2) is 11.5. The summed E-state index contributed by atoms with van der Waals surface area (Å²) in [5.74, 6) is 0.450. The number of fused-ring (bicyclic) bond motifs is 2. The number of piperidine rings is 1. The zero-order valence-electron chi connectivity index (χ0n) is 24.4. The number of nitrogens with zero attached hydrogens (tertiary/aromatic N) is 5. The van der Waals surface area contributed by atoms with Crippen LogP contribution in [0.25, 0.3) is 21.5 Å². The quantitative estimate of drug-likeness (QED) is 0.314. The van der Waals surface area contributed by atoms with Crippen molar-refractivity contribution in [2.45, 2.75) is 44.4 Å². The largest absolute Gasteiger partial charge is 0.447 e. The van der Waals surface area contributed by atoms with Crippen molar-refractivity contribution in [3.63, 3.8) is 0 Å². The highest BCUT2D eigenvalue weighted by Crippen LogP contribution is 2.36. The van der Waals surface area contributed by atoms with E-state index in [0.29, 0.717) is 51.3 Å². The van der Waals surface area contributed by atoms with Gasteiger partial charge < -0.3 is 25.2 Å². The van der Waals surface area contributed by atoms with Gasteiger partial charge in [-0.05, 0) is 56.6 Å². The monoisotopic (exact) mass is 633 g/mol. The molecule has 2 N–H and O–H groups in total. The normalized spacial score (nSPS) is 20.3. The van der Waals surface area contributed by atoms with Crippen LogP contribution in [0.3, 0.4) is 0 Å². The molecule has 3 fully saturated rings. The molecule has 228 valence electrons. The molecule has 0 radical (unpaired) electrons. The molecule has 3 aliphatic heterocycles. The van der Waals surface area contributed by atoms with Crippen LogP contribution in [-0.4, -0.2) is 87.7 Å². The number of rotatable bonds is 7. The third-order valence-corrected chi connectivity index (χ3v) is 9.89. The van der Waals surface area contributed by atoms with Crippen LogP contribution in [0.1, 0.15) is 33.9 Å². The van der Waals surface area contributed by atoms with Crippen LogP contribution < -0.4 is 16.2 Å². The van der Waals surface area contributed by atoms with Crippen molar-refractivity contribution < 1.29 is 14.3 Å². The first-order valence-electron chi connectivity index (χ1n) is 14.7. The van der Waals surface area contributed by atoms with Gasteiger partial charge in [0, 0.05) is 41.9 Å². The Morgan fingerprint density at radius 2 is 1.95 bits per heavy atom. The summed E-state index contributed by atoms with van der Waals surface area (Å²) >= 11 is 7.38. The number of ether oxygens (including phenoxy) is 1. The average molecular weight is 634 g/mol. The van der Waals surface area contributed by atoms with Crippen LogP contribution in [0.2, 0.25) is 5.02 Å². The zero-order chi connectivity index (χ0) is 30.5. The van der Waals surface area contributed by atoms with E-state index in [0.717, 1.165) is 42.7 Å². The van der Waals surface area contributed by atoms with Crippen LogP contribution in [0.15, 0.2) is 47.4 Å². The van der Waals surface area contributed by atoms with Gasteiger partial charge >= 0.3 is 6.09 Å². The molecule has 2 atom stereocenters. The number of benzene rings is 2. The van der Waals surface area contributed by atoms with Gasteiger partial charge in [-0.2, -0.15) is 0 Å². The van der Waals surface area contributed by atoms with Gasteiger partial charge in [0.15, 0.2) is 0 Å². The SMILES string of the molecule is Cc1nc2cc(-c3ncc(C(=O)NC4CN(C)C4)s3)c(N[C@H]3CCN4C(=O)OC[C@@H]4C3)cc2c(=O)n1Cc1ccc(Cl)cc1. The number of thiazole rings is 1. The lowest BCUT2D eigenvalue weighted by Crippen LogP contribution is -2.57. The van der Waals surface area contributed by atoms with Crippen LogP contribution in [-0.2, 0) is 11.3 Å². The van der Waals surface area contributed by atoms with Crippen molar-refractivity contribution in [1.82, 2.24) is 29.7 Å². The Hall–Kier alpha value is -4.00. The highest BCUT2D eigenvalue weighted by Gasteiger charge is 2.38. The molecule has 7 rings (SSSR count).